The molecule has 0 unspecified atom stereocenters. The highest BCUT2D eigenvalue weighted by molar-refractivity contribution is 5.80. The molecular formula is C9H13N5O. The summed E-state index contributed by atoms with van der Waals surface area (Å²) in [6, 6.07) is 1.97. The molecule has 6 heteroatoms. The first-order valence-electron chi connectivity index (χ1n) is 4.86. The summed E-state index contributed by atoms with van der Waals surface area (Å²) in [7, 11) is 0. The number of rotatable bonds is 4. The summed E-state index contributed by atoms with van der Waals surface area (Å²) in [4.78, 5) is 19.1. The van der Waals surface area contributed by atoms with Gasteiger partial charge in [-0.3, -0.25) is 4.79 Å². The summed E-state index contributed by atoms with van der Waals surface area (Å²) >= 11 is 0. The Balaban J connectivity index is 1.78. The van der Waals surface area contributed by atoms with Gasteiger partial charge in [-0.25, -0.2) is 4.98 Å². The van der Waals surface area contributed by atoms with Crippen LogP contribution in [0, 0.1) is 0 Å². The molecule has 0 spiro atoms. The number of aromatic nitrogens is 2. The van der Waals surface area contributed by atoms with Gasteiger partial charge in [0, 0.05) is 12.2 Å². The average molecular weight is 207 g/mol. The molecule has 0 bridgehead atoms. The Morgan fingerprint density at radius 2 is 2.40 bits per heavy atom. The molecular weight excluding hydrogens is 194 g/mol. The van der Waals surface area contributed by atoms with Crippen molar-refractivity contribution in [3.05, 3.63) is 12.3 Å². The third-order valence-electron chi connectivity index (χ3n) is 2.03. The molecule has 0 aliphatic heterocycles. The lowest BCUT2D eigenvalue weighted by atomic mass is 10.5. The fourth-order valence-corrected chi connectivity index (χ4v) is 1.12. The maximum Gasteiger partial charge on any atom is 0.239 e. The second kappa shape index (κ2) is 4.12. The van der Waals surface area contributed by atoms with E-state index < -0.39 is 0 Å². The molecule has 1 aromatic heterocycles. The fraction of sp³-hybridized carbons (Fsp3) is 0.444. The molecule has 1 aromatic rings. The molecule has 15 heavy (non-hydrogen) atoms. The predicted molar refractivity (Wildman–Crippen MR) is 56.1 cm³/mol. The molecule has 4 N–H and O–H groups in total. The number of amides is 1. The van der Waals surface area contributed by atoms with E-state index in [0.717, 1.165) is 12.8 Å². The fourth-order valence-electron chi connectivity index (χ4n) is 1.12. The van der Waals surface area contributed by atoms with E-state index in [0.29, 0.717) is 17.8 Å². The maximum atomic E-state index is 11.3. The zero-order valence-electron chi connectivity index (χ0n) is 8.23. The van der Waals surface area contributed by atoms with Crippen LogP contribution in [0.5, 0.6) is 0 Å². The van der Waals surface area contributed by atoms with Gasteiger partial charge in [0.1, 0.15) is 5.82 Å². The van der Waals surface area contributed by atoms with E-state index in [9.17, 15) is 4.79 Å². The van der Waals surface area contributed by atoms with Crippen LogP contribution in [-0.2, 0) is 4.79 Å². The van der Waals surface area contributed by atoms with E-state index in [4.69, 9.17) is 5.73 Å². The normalized spacial score (nSPS) is 14.7. The minimum absolute atomic E-state index is 0.0384. The van der Waals surface area contributed by atoms with E-state index in [-0.39, 0.29) is 12.5 Å². The van der Waals surface area contributed by atoms with Crippen molar-refractivity contribution >= 4 is 17.7 Å². The zero-order valence-corrected chi connectivity index (χ0v) is 8.23. The second-order valence-electron chi connectivity index (χ2n) is 3.50. The lowest BCUT2D eigenvalue weighted by molar-refractivity contribution is -0.119. The van der Waals surface area contributed by atoms with E-state index >= 15 is 0 Å². The van der Waals surface area contributed by atoms with Gasteiger partial charge >= 0.3 is 0 Å². The minimum Gasteiger partial charge on any atom is -0.384 e. The van der Waals surface area contributed by atoms with Crippen molar-refractivity contribution in [2.45, 2.75) is 18.9 Å². The summed E-state index contributed by atoms with van der Waals surface area (Å²) < 4.78 is 0. The lowest BCUT2D eigenvalue weighted by Crippen LogP contribution is -2.31. The van der Waals surface area contributed by atoms with Gasteiger partial charge in [-0.2, -0.15) is 4.98 Å². The number of hydrogen-bond donors (Lipinski definition) is 3. The van der Waals surface area contributed by atoms with Crippen molar-refractivity contribution < 1.29 is 4.79 Å². The largest absolute Gasteiger partial charge is 0.384 e. The first kappa shape index (κ1) is 9.70. The highest BCUT2D eigenvalue weighted by Crippen LogP contribution is 2.18. The molecule has 0 radical (unpaired) electrons. The molecule has 0 aromatic carbocycles. The molecule has 1 aliphatic carbocycles. The minimum atomic E-state index is -0.0384. The Morgan fingerprint density at radius 3 is 3.07 bits per heavy atom. The van der Waals surface area contributed by atoms with Gasteiger partial charge in [-0.05, 0) is 18.9 Å². The number of nitrogens with zero attached hydrogens (tertiary/aromatic N) is 2. The van der Waals surface area contributed by atoms with Gasteiger partial charge in [0.05, 0.1) is 6.54 Å². The first-order valence-corrected chi connectivity index (χ1v) is 4.86. The zero-order chi connectivity index (χ0) is 10.7. The molecule has 6 nitrogen and oxygen atoms in total. The van der Waals surface area contributed by atoms with Gasteiger partial charge < -0.3 is 16.4 Å². The number of hydrogen-bond acceptors (Lipinski definition) is 5. The highest BCUT2D eigenvalue weighted by atomic mass is 16.2. The van der Waals surface area contributed by atoms with Crippen molar-refractivity contribution in [1.82, 2.24) is 15.3 Å². The second-order valence-corrected chi connectivity index (χ2v) is 3.50. The van der Waals surface area contributed by atoms with E-state index in [1.165, 1.54) is 0 Å². The molecule has 1 saturated carbocycles. The Kier molecular flexibility index (Phi) is 2.66. The maximum absolute atomic E-state index is 11.3. The highest BCUT2D eigenvalue weighted by Gasteiger charge is 2.22. The number of carbonyl (C=O) groups is 1. The van der Waals surface area contributed by atoms with Crippen LogP contribution in [0.2, 0.25) is 0 Å². The lowest BCUT2D eigenvalue weighted by Gasteiger charge is -2.05. The van der Waals surface area contributed by atoms with Crippen LogP contribution in [0.1, 0.15) is 12.8 Å². The van der Waals surface area contributed by atoms with Gasteiger partial charge in [0.15, 0.2) is 0 Å². The number of carbonyl (C=O) groups excluding carboxylic acids is 1. The molecule has 80 valence electrons. The summed E-state index contributed by atoms with van der Waals surface area (Å²) in [5.41, 5.74) is 5.46. The predicted octanol–water partition coefficient (Wildman–Crippen LogP) is -0.251. The molecule has 1 amide bonds. The monoisotopic (exact) mass is 207 g/mol. The van der Waals surface area contributed by atoms with Crippen molar-refractivity contribution in [2.75, 3.05) is 17.6 Å². The summed E-state index contributed by atoms with van der Waals surface area (Å²) in [6.07, 6.45) is 3.71. The molecule has 0 atom stereocenters. The average Bonchev–Trinajstić information content (AvgIpc) is 2.99. The Morgan fingerprint density at radius 1 is 1.60 bits per heavy atom. The Hall–Kier alpha value is -1.85. The summed E-state index contributed by atoms with van der Waals surface area (Å²) in [5, 5.41) is 5.65. The Labute approximate surface area is 87.3 Å². The number of nitrogens with one attached hydrogen (secondary N) is 2. The molecule has 1 aliphatic rings. The number of anilines is 2. The van der Waals surface area contributed by atoms with Crippen LogP contribution in [0.15, 0.2) is 12.3 Å². The van der Waals surface area contributed by atoms with Crippen LogP contribution in [0.3, 0.4) is 0 Å². The Bertz CT molecular complexity index is 363. The number of nitrogen functional groups attached to an aromatic ring is 1. The topological polar surface area (TPSA) is 92.9 Å². The van der Waals surface area contributed by atoms with E-state index in [1.807, 2.05) is 0 Å². The van der Waals surface area contributed by atoms with Crippen LogP contribution >= 0.6 is 0 Å². The smallest absolute Gasteiger partial charge is 0.239 e. The van der Waals surface area contributed by atoms with Crippen LogP contribution in [0.4, 0.5) is 11.8 Å². The van der Waals surface area contributed by atoms with Gasteiger partial charge in [0.25, 0.3) is 0 Å². The summed E-state index contributed by atoms with van der Waals surface area (Å²) in [6.45, 7) is 0.181. The first-order chi connectivity index (χ1) is 7.24. The molecule has 1 heterocycles. The SMILES string of the molecule is Nc1ccnc(NCC(=O)NC2CC2)n1. The van der Waals surface area contributed by atoms with Crippen molar-refractivity contribution in [3.8, 4) is 0 Å². The standard InChI is InChI=1S/C9H13N5O/c10-7-3-4-11-9(14-7)12-5-8(15)13-6-1-2-6/h3-4,6H,1-2,5H2,(H,13,15)(H3,10,11,12,14). The van der Waals surface area contributed by atoms with Gasteiger partial charge in [-0.1, -0.05) is 0 Å². The number of nitrogens with two attached hydrogens (primary N) is 1. The third-order valence-corrected chi connectivity index (χ3v) is 2.03. The molecule has 2 rings (SSSR count). The van der Waals surface area contributed by atoms with Crippen molar-refractivity contribution in [2.24, 2.45) is 0 Å². The van der Waals surface area contributed by atoms with Crippen molar-refractivity contribution in [1.29, 1.82) is 0 Å². The van der Waals surface area contributed by atoms with E-state index in [1.54, 1.807) is 12.3 Å². The van der Waals surface area contributed by atoms with Crippen LogP contribution < -0.4 is 16.4 Å². The molecule has 1 fully saturated rings. The third kappa shape index (κ3) is 3.08. The van der Waals surface area contributed by atoms with E-state index in [2.05, 4.69) is 20.6 Å². The molecule has 0 saturated heterocycles. The van der Waals surface area contributed by atoms with Gasteiger partial charge in [0.2, 0.25) is 11.9 Å². The van der Waals surface area contributed by atoms with Crippen LogP contribution in [-0.4, -0.2) is 28.5 Å². The van der Waals surface area contributed by atoms with Crippen molar-refractivity contribution in [3.63, 3.8) is 0 Å². The van der Waals surface area contributed by atoms with Crippen LogP contribution in [0.25, 0.3) is 0 Å². The summed E-state index contributed by atoms with van der Waals surface area (Å²) in [5.74, 6) is 0.722. The quantitative estimate of drug-likeness (QED) is 0.633. The van der Waals surface area contributed by atoms with Gasteiger partial charge in [-0.15, -0.1) is 0 Å².